The van der Waals surface area contributed by atoms with Gasteiger partial charge in [0.05, 0.1) is 17.4 Å². The van der Waals surface area contributed by atoms with Crippen LogP contribution in [0.4, 0.5) is 0 Å². The highest BCUT2D eigenvalue weighted by Gasteiger charge is 2.36. The van der Waals surface area contributed by atoms with E-state index < -0.39 is 0 Å². The second kappa shape index (κ2) is 7.36. The predicted molar refractivity (Wildman–Crippen MR) is 101 cm³/mol. The van der Waals surface area contributed by atoms with Crippen LogP contribution in [0.5, 0.6) is 0 Å². The number of fused-ring (bicyclic) bond motifs is 2. The Balaban J connectivity index is 0.00000182. The van der Waals surface area contributed by atoms with Crippen LogP contribution in [0.3, 0.4) is 0 Å². The average Bonchev–Trinajstić information content (AvgIpc) is 3.20. The van der Waals surface area contributed by atoms with Crippen LogP contribution in [-0.2, 0) is 0 Å². The fourth-order valence-corrected chi connectivity index (χ4v) is 4.09. The van der Waals surface area contributed by atoms with Crippen LogP contribution in [0, 0.1) is 0 Å². The van der Waals surface area contributed by atoms with Crippen molar-refractivity contribution in [2.24, 2.45) is 0 Å². The fourth-order valence-electron chi connectivity index (χ4n) is 3.91. The van der Waals surface area contributed by atoms with Crippen molar-refractivity contribution < 1.29 is 4.79 Å². The third kappa shape index (κ3) is 3.68. The van der Waals surface area contributed by atoms with E-state index in [1.165, 1.54) is 12.8 Å². The van der Waals surface area contributed by atoms with Gasteiger partial charge in [0.1, 0.15) is 0 Å². The van der Waals surface area contributed by atoms with Gasteiger partial charge in [0, 0.05) is 36.4 Å². The van der Waals surface area contributed by atoms with Crippen molar-refractivity contribution in [3.8, 4) is 5.69 Å². The SMILES string of the molecule is CN(C(=O)c1cnn(-c2cccc(Cl)c2)c1)C1CC2CCC(C1)N2.Cl. The van der Waals surface area contributed by atoms with Crippen molar-refractivity contribution in [2.75, 3.05) is 7.05 Å². The lowest BCUT2D eigenvalue weighted by molar-refractivity contribution is 0.0681. The topological polar surface area (TPSA) is 50.2 Å². The van der Waals surface area contributed by atoms with Gasteiger partial charge < -0.3 is 10.2 Å². The van der Waals surface area contributed by atoms with Crippen LogP contribution in [0.1, 0.15) is 36.0 Å². The van der Waals surface area contributed by atoms with Crippen LogP contribution in [0.15, 0.2) is 36.7 Å². The lowest BCUT2D eigenvalue weighted by Crippen LogP contribution is -2.48. The molecule has 4 rings (SSSR count). The minimum absolute atomic E-state index is 0. The van der Waals surface area contributed by atoms with Crippen LogP contribution in [-0.4, -0.2) is 45.8 Å². The van der Waals surface area contributed by atoms with E-state index in [4.69, 9.17) is 11.6 Å². The summed E-state index contributed by atoms with van der Waals surface area (Å²) in [5.74, 6) is 0.0366. The van der Waals surface area contributed by atoms with Gasteiger partial charge in [-0.15, -0.1) is 12.4 Å². The lowest BCUT2D eigenvalue weighted by atomic mass is 9.98. The summed E-state index contributed by atoms with van der Waals surface area (Å²) < 4.78 is 1.69. The highest BCUT2D eigenvalue weighted by molar-refractivity contribution is 6.30. The van der Waals surface area contributed by atoms with E-state index in [9.17, 15) is 4.79 Å². The number of hydrogen-bond donors (Lipinski definition) is 1. The Hall–Kier alpha value is -1.56. The maximum absolute atomic E-state index is 12.8. The highest BCUT2D eigenvalue weighted by atomic mass is 35.5. The summed E-state index contributed by atoms with van der Waals surface area (Å²) in [5.41, 5.74) is 1.47. The van der Waals surface area contributed by atoms with E-state index in [1.807, 2.05) is 36.2 Å². The summed E-state index contributed by atoms with van der Waals surface area (Å²) in [6.07, 6.45) is 7.96. The van der Waals surface area contributed by atoms with Gasteiger partial charge in [-0.25, -0.2) is 4.68 Å². The first kappa shape index (κ1) is 18.2. The highest BCUT2D eigenvalue weighted by Crippen LogP contribution is 2.29. The standard InChI is InChI=1S/C18H21ClN4O.ClH/c1-22(17-8-14-5-6-15(9-17)21-14)18(24)12-10-20-23(11-12)16-4-2-3-13(19)7-16;/h2-4,7,10-11,14-15,17,21H,5-6,8-9H2,1H3;1H. The number of aromatic nitrogens is 2. The summed E-state index contributed by atoms with van der Waals surface area (Å²) in [6, 6.07) is 8.89. The van der Waals surface area contributed by atoms with Crippen molar-refractivity contribution in [3.05, 3.63) is 47.2 Å². The number of amides is 1. The zero-order valence-corrected chi connectivity index (χ0v) is 15.6. The summed E-state index contributed by atoms with van der Waals surface area (Å²) in [4.78, 5) is 14.7. The van der Waals surface area contributed by atoms with E-state index in [-0.39, 0.29) is 18.3 Å². The maximum Gasteiger partial charge on any atom is 0.257 e. The quantitative estimate of drug-likeness (QED) is 0.888. The number of nitrogens with zero attached hydrogens (tertiary/aromatic N) is 3. The summed E-state index contributed by atoms with van der Waals surface area (Å²) in [5, 5.41) is 8.59. The fraction of sp³-hybridized carbons (Fsp3) is 0.444. The molecule has 1 N–H and O–H groups in total. The predicted octanol–water partition coefficient (Wildman–Crippen LogP) is 3.30. The smallest absolute Gasteiger partial charge is 0.257 e. The molecule has 2 unspecified atom stereocenters. The largest absolute Gasteiger partial charge is 0.339 e. The zero-order valence-electron chi connectivity index (χ0n) is 14.1. The molecule has 2 saturated heterocycles. The third-order valence-corrected chi connectivity index (χ3v) is 5.45. The molecule has 2 bridgehead atoms. The molecule has 7 heteroatoms. The van der Waals surface area contributed by atoms with Gasteiger partial charge in [-0.3, -0.25) is 4.79 Å². The second-order valence-electron chi connectivity index (χ2n) is 6.83. The molecule has 134 valence electrons. The molecule has 1 aromatic heterocycles. The minimum atomic E-state index is 0. The molecule has 25 heavy (non-hydrogen) atoms. The molecule has 1 amide bonds. The number of piperidine rings is 1. The number of benzene rings is 1. The monoisotopic (exact) mass is 380 g/mol. The molecule has 2 atom stereocenters. The molecule has 0 spiro atoms. The van der Waals surface area contributed by atoms with Gasteiger partial charge in [-0.05, 0) is 43.9 Å². The van der Waals surface area contributed by atoms with Crippen LogP contribution >= 0.6 is 24.0 Å². The second-order valence-corrected chi connectivity index (χ2v) is 7.27. The number of carbonyl (C=O) groups is 1. The maximum atomic E-state index is 12.8. The Bertz CT molecular complexity index is 751. The summed E-state index contributed by atoms with van der Waals surface area (Å²) >= 11 is 6.03. The first-order valence-corrected chi connectivity index (χ1v) is 8.82. The van der Waals surface area contributed by atoms with E-state index >= 15 is 0 Å². The third-order valence-electron chi connectivity index (χ3n) is 5.22. The Kier molecular flexibility index (Phi) is 5.37. The van der Waals surface area contributed by atoms with Gasteiger partial charge in [-0.2, -0.15) is 5.10 Å². The Labute approximate surface area is 158 Å². The van der Waals surface area contributed by atoms with Gasteiger partial charge in [0.15, 0.2) is 0 Å². The molecule has 2 aliphatic heterocycles. The van der Waals surface area contributed by atoms with Crippen molar-refractivity contribution in [2.45, 2.75) is 43.8 Å². The lowest BCUT2D eigenvalue weighted by Gasteiger charge is -2.35. The van der Waals surface area contributed by atoms with Gasteiger partial charge >= 0.3 is 0 Å². The molecule has 2 aromatic rings. The van der Waals surface area contributed by atoms with E-state index in [1.54, 1.807) is 17.1 Å². The molecule has 5 nitrogen and oxygen atoms in total. The first-order valence-electron chi connectivity index (χ1n) is 8.44. The van der Waals surface area contributed by atoms with Crippen molar-refractivity contribution in [1.82, 2.24) is 20.0 Å². The molecular formula is C18H22Cl2N4O. The molecular weight excluding hydrogens is 359 g/mol. The van der Waals surface area contributed by atoms with Gasteiger partial charge in [0.2, 0.25) is 0 Å². The minimum Gasteiger partial charge on any atom is -0.339 e. The molecule has 1 aromatic carbocycles. The van der Waals surface area contributed by atoms with Gasteiger partial charge in [0.25, 0.3) is 5.91 Å². The summed E-state index contributed by atoms with van der Waals surface area (Å²) in [7, 11) is 1.91. The van der Waals surface area contributed by atoms with Crippen molar-refractivity contribution in [1.29, 1.82) is 0 Å². The Morgan fingerprint density at radius 2 is 2.04 bits per heavy atom. The van der Waals surface area contributed by atoms with Crippen molar-refractivity contribution in [3.63, 3.8) is 0 Å². The Morgan fingerprint density at radius 1 is 1.32 bits per heavy atom. The zero-order chi connectivity index (χ0) is 16.7. The molecule has 0 radical (unpaired) electrons. The number of halogens is 2. The molecule has 2 fully saturated rings. The number of hydrogen-bond acceptors (Lipinski definition) is 3. The number of carbonyl (C=O) groups excluding carboxylic acids is 1. The number of rotatable bonds is 3. The van der Waals surface area contributed by atoms with Gasteiger partial charge in [-0.1, -0.05) is 17.7 Å². The van der Waals surface area contributed by atoms with Crippen LogP contribution in [0.25, 0.3) is 5.69 Å². The first-order chi connectivity index (χ1) is 11.6. The van der Waals surface area contributed by atoms with E-state index in [0.29, 0.717) is 28.7 Å². The summed E-state index contributed by atoms with van der Waals surface area (Å²) in [6.45, 7) is 0. The van der Waals surface area contributed by atoms with E-state index in [2.05, 4.69) is 10.4 Å². The molecule has 0 saturated carbocycles. The number of nitrogens with one attached hydrogen (secondary N) is 1. The van der Waals surface area contributed by atoms with Crippen molar-refractivity contribution >= 4 is 29.9 Å². The van der Waals surface area contributed by atoms with E-state index in [0.717, 1.165) is 18.5 Å². The van der Waals surface area contributed by atoms with Crippen LogP contribution in [0.2, 0.25) is 5.02 Å². The molecule has 3 heterocycles. The van der Waals surface area contributed by atoms with Crippen LogP contribution < -0.4 is 5.32 Å². The molecule has 0 aliphatic carbocycles. The molecule has 2 aliphatic rings. The normalized spacial score (nSPS) is 24.6. The average molecular weight is 381 g/mol. The Morgan fingerprint density at radius 3 is 2.72 bits per heavy atom.